The standard InChI is InChI=1S/C23H26N4O6/c1-3-33-23(29)18-7-9-21(24-16-18)26-12-4-11-25(13-14-26)19-8-5-17(6-10-22(28)32-2)15-20(19)27(30)31/h5-10,15-16H,3-4,11-14H2,1-2H3/b10-6+. The molecular formula is C23H26N4O6. The van der Waals surface area contributed by atoms with E-state index >= 15 is 0 Å². The van der Waals surface area contributed by atoms with E-state index in [0.29, 0.717) is 43.1 Å². The summed E-state index contributed by atoms with van der Waals surface area (Å²) in [6.45, 7) is 4.62. The summed E-state index contributed by atoms with van der Waals surface area (Å²) < 4.78 is 9.54. The molecule has 0 aliphatic carbocycles. The van der Waals surface area contributed by atoms with Gasteiger partial charge in [0.15, 0.2) is 0 Å². The molecule has 1 fully saturated rings. The molecule has 10 nitrogen and oxygen atoms in total. The molecule has 3 rings (SSSR count). The molecule has 1 aliphatic rings. The van der Waals surface area contributed by atoms with Crippen LogP contribution in [0.4, 0.5) is 17.2 Å². The number of nitro benzene ring substituents is 1. The third-order valence-corrected chi connectivity index (χ3v) is 5.23. The van der Waals surface area contributed by atoms with E-state index in [1.54, 1.807) is 31.2 Å². The van der Waals surface area contributed by atoms with Crippen molar-refractivity contribution in [2.45, 2.75) is 13.3 Å². The molecule has 0 unspecified atom stereocenters. The second-order valence-electron chi connectivity index (χ2n) is 7.31. The molecule has 0 spiro atoms. The number of methoxy groups -OCH3 is 1. The smallest absolute Gasteiger partial charge is 0.339 e. The monoisotopic (exact) mass is 454 g/mol. The number of aromatic nitrogens is 1. The summed E-state index contributed by atoms with van der Waals surface area (Å²) in [5.41, 5.74) is 1.45. The zero-order chi connectivity index (χ0) is 23.8. The van der Waals surface area contributed by atoms with Gasteiger partial charge in [-0.15, -0.1) is 0 Å². The van der Waals surface area contributed by atoms with Crippen molar-refractivity contribution in [2.24, 2.45) is 0 Å². The van der Waals surface area contributed by atoms with Crippen LogP contribution in [0.1, 0.15) is 29.3 Å². The van der Waals surface area contributed by atoms with Gasteiger partial charge in [0.25, 0.3) is 5.69 Å². The first-order valence-corrected chi connectivity index (χ1v) is 10.6. The Labute approximate surface area is 191 Å². The van der Waals surface area contributed by atoms with Crippen LogP contribution in [0, 0.1) is 10.1 Å². The highest BCUT2D eigenvalue weighted by Crippen LogP contribution is 2.31. The van der Waals surface area contributed by atoms with Gasteiger partial charge in [-0.3, -0.25) is 10.1 Å². The number of carbonyl (C=O) groups excluding carboxylic acids is 2. The highest BCUT2D eigenvalue weighted by Gasteiger charge is 2.23. The van der Waals surface area contributed by atoms with E-state index in [9.17, 15) is 19.7 Å². The van der Waals surface area contributed by atoms with Crippen LogP contribution in [0.2, 0.25) is 0 Å². The summed E-state index contributed by atoms with van der Waals surface area (Å²) in [7, 11) is 1.27. The number of ether oxygens (including phenoxy) is 2. The quantitative estimate of drug-likeness (QED) is 0.269. The molecule has 1 aromatic carbocycles. The number of esters is 2. The molecule has 2 aromatic rings. The topological polar surface area (TPSA) is 115 Å². The van der Waals surface area contributed by atoms with Crippen molar-refractivity contribution >= 4 is 35.2 Å². The zero-order valence-electron chi connectivity index (χ0n) is 18.6. The van der Waals surface area contributed by atoms with E-state index in [4.69, 9.17) is 4.74 Å². The molecule has 33 heavy (non-hydrogen) atoms. The minimum absolute atomic E-state index is 0.0209. The van der Waals surface area contributed by atoms with Crippen molar-refractivity contribution in [1.82, 2.24) is 4.98 Å². The second kappa shape index (κ2) is 11.1. The molecule has 2 heterocycles. The van der Waals surface area contributed by atoms with Crippen LogP contribution in [0.3, 0.4) is 0 Å². The van der Waals surface area contributed by atoms with Gasteiger partial charge in [-0.25, -0.2) is 14.6 Å². The third-order valence-electron chi connectivity index (χ3n) is 5.23. The van der Waals surface area contributed by atoms with Gasteiger partial charge in [0, 0.05) is 44.5 Å². The Bertz CT molecular complexity index is 1040. The summed E-state index contributed by atoms with van der Waals surface area (Å²) in [5.74, 6) is -0.197. The molecule has 0 bridgehead atoms. The fourth-order valence-electron chi connectivity index (χ4n) is 3.59. The summed E-state index contributed by atoms with van der Waals surface area (Å²) >= 11 is 0. The molecule has 1 saturated heterocycles. The number of hydrogen-bond donors (Lipinski definition) is 0. The number of anilines is 2. The van der Waals surface area contributed by atoms with E-state index in [1.165, 1.54) is 31.5 Å². The Kier molecular flexibility index (Phi) is 7.96. The summed E-state index contributed by atoms with van der Waals surface area (Å²) in [6, 6.07) is 8.37. The summed E-state index contributed by atoms with van der Waals surface area (Å²) in [6.07, 6.45) is 4.99. The van der Waals surface area contributed by atoms with Crippen LogP contribution in [0.5, 0.6) is 0 Å². The van der Waals surface area contributed by atoms with Crippen LogP contribution in [-0.4, -0.2) is 61.7 Å². The van der Waals surface area contributed by atoms with Crippen molar-refractivity contribution in [3.05, 3.63) is 63.8 Å². The number of nitro groups is 1. The maximum absolute atomic E-state index is 11.8. The third kappa shape index (κ3) is 6.06. The zero-order valence-corrected chi connectivity index (χ0v) is 18.6. The Hall–Kier alpha value is -3.95. The van der Waals surface area contributed by atoms with E-state index < -0.39 is 16.9 Å². The highest BCUT2D eigenvalue weighted by molar-refractivity contribution is 5.89. The van der Waals surface area contributed by atoms with Crippen molar-refractivity contribution in [3.63, 3.8) is 0 Å². The Balaban J connectivity index is 1.73. The predicted octanol–water partition coefficient (Wildman–Crippen LogP) is 3.07. The normalized spacial score (nSPS) is 14.1. The molecule has 0 radical (unpaired) electrons. The Morgan fingerprint density at radius 1 is 1.15 bits per heavy atom. The lowest BCUT2D eigenvalue weighted by molar-refractivity contribution is -0.384. The van der Waals surface area contributed by atoms with Gasteiger partial charge >= 0.3 is 11.9 Å². The van der Waals surface area contributed by atoms with Gasteiger partial charge < -0.3 is 19.3 Å². The number of pyridine rings is 1. The lowest BCUT2D eigenvalue weighted by Crippen LogP contribution is -2.31. The first-order chi connectivity index (χ1) is 15.9. The predicted molar refractivity (Wildman–Crippen MR) is 123 cm³/mol. The minimum Gasteiger partial charge on any atom is -0.466 e. The summed E-state index contributed by atoms with van der Waals surface area (Å²) in [4.78, 5) is 42.9. The SMILES string of the molecule is CCOC(=O)c1ccc(N2CCCN(c3ccc(/C=C/C(=O)OC)cc3[N+](=O)[O-])CC2)nc1. The molecule has 0 amide bonds. The highest BCUT2D eigenvalue weighted by atomic mass is 16.6. The van der Waals surface area contributed by atoms with E-state index in [0.717, 1.165) is 18.8 Å². The Morgan fingerprint density at radius 3 is 2.58 bits per heavy atom. The Morgan fingerprint density at radius 2 is 1.91 bits per heavy atom. The van der Waals surface area contributed by atoms with Crippen LogP contribution in [0.25, 0.3) is 6.08 Å². The maximum Gasteiger partial charge on any atom is 0.339 e. The van der Waals surface area contributed by atoms with Gasteiger partial charge in [0.05, 0.1) is 24.2 Å². The van der Waals surface area contributed by atoms with Crippen LogP contribution < -0.4 is 9.80 Å². The molecule has 1 aromatic heterocycles. The van der Waals surface area contributed by atoms with E-state index in [1.807, 2.05) is 4.90 Å². The lowest BCUT2D eigenvalue weighted by atomic mass is 10.1. The largest absolute Gasteiger partial charge is 0.466 e. The first-order valence-electron chi connectivity index (χ1n) is 10.6. The fourth-order valence-corrected chi connectivity index (χ4v) is 3.59. The van der Waals surface area contributed by atoms with Gasteiger partial charge in [-0.2, -0.15) is 0 Å². The maximum atomic E-state index is 11.8. The number of hydrogen-bond acceptors (Lipinski definition) is 9. The molecule has 174 valence electrons. The summed E-state index contributed by atoms with van der Waals surface area (Å²) in [5, 5.41) is 11.7. The molecule has 1 aliphatic heterocycles. The second-order valence-corrected chi connectivity index (χ2v) is 7.31. The van der Waals surface area contributed by atoms with Crippen LogP contribution in [0.15, 0.2) is 42.6 Å². The molecule has 10 heteroatoms. The fraction of sp³-hybridized carbons (Fsp3) is 0.348. The average molecular weight is 454 g/mol. The van der Waals surface area contributed by atoms with Crippen LogP contribution >= 0.6 is 0 Å². The van der Waals surface area contributed by atoms with Crippen molar-refractivity contribution in [2.75, 3.05) is 49.7 Å². The van der Waals surface area contributed by atoms with E-state index in [-0.39, 0.29) is 5.69 Å². The van der Waals surface area contributed by atoms with Crippen molar-refractivity contribution < 1.29 is 24.0 Å². The van der Waals surface area contributed by atoms with Crippen molar-refractivity contribution in [3.8, 4) is 0 Å². The van der Waals surface area contributed by atoms with Crippen LogP contribution in [-0.2, 0) is 14.3 Å². The van der Waals surface area contributed by atoms with Gasteiger partial charge in [0.1, 0.15) is 11.5 Å². The molecule has 0 atom stereocenters. The number of benzene rings is 1. The van der Waals surface area contributed by atoms with Gasteiger partial charge in [-0.05, 0) is 43.2 Å². The number of rotatable bonds is 7. The van der Waals surface area contributed by atoms with Gasteiger partial charge in [0.2, 0.25) is 0 Å². The first kappa shape index (κ1) is 23.7. The minimum atomic E-state index is -0.529. The number of carbonyl (C=O) groups is 2. The van der Waals surface area contributed by atoms with E-state index in [2.05, 4.69) is 14.6 Å². The van der Waals surface area contributed by atoms with Gasteiger partial charge in [-0.1, -0.05) is 6.07 Å². The van der Waals surface area contributed by atoms with Crippen molar-refractivity contribution in [1.29, 1.82) is 0 Å². The average Bonchev–Trinajstić information content (AvgIpc) is 3.09. The molecular weight excluding hydrogens is 428 g/mol. The lowest BCUT2D eigenvalue weighted by Gasteiger charge is -2.24. The molecule has 0 N–H and O–H groups in total. The number of nitrogens with zero attached hydrogens (tertiary/aromatic N) is 4. The molecule has 0 saturated carbocycles.